The smallest absolute Gasteiger partial charge is 0.409 e. The number of nitrogens with zero attached hydrogens (tertiary/aromatic N) is 4. The first-order valence-electron chi connectivity index (χ1n) is 7.99. The van der Waals surface area contributed by atoms with E-state index in [0.717, 1.165) is 36.4 Å². The normalized spacial score (nSPS) is 15.0. The first kappa shape index (κ1) is 16.1. The fourth-order valence-electron chi connectivity index (χ4n) is 2.80. The number of ether oxygens (including phenoxy) is 1. The second-order valence-electron chi connectivity index (χ2n) is 5.99. The molecule has 0 unspecified atom stereocenters. The summed E-state index contributed by atoms with van der Waals surface area (Å²) in [5.74, 6) is 1.31. The van der Waals surface area contributed by atoms with Gasteiger partial charge in [0.15, 0.2) is 5.65 Å². The van der Waals surface area contributed by atoms with Crippen LogP contribution in [-0.2, 0) is 11.3 Å². The molecular formula is C16H21ClN4O2. The Morgan fingerprint density at radius 1 is 1.39 bits per heavy atom. The number of fused-ring (bicyclic) bond motifs is 1. The Kier molecular flexibility index (Phi) is 4.71. The van der Waals surface area contributed by atoms with E-state index in [-0.39, 0.29) is 6.09 Å². The van der Waals surface area contributed by atoms with Crippen molar-refractivity contribution < 1.29 is 9.53 Å². The topological polar surface area (TPSA) is 60.2 Å². The lowest BCUT2D eigenvalue weighted by Gasteiger charge is -2.38. The van der Waals surface area contributed by atoms with Gasteiger partial charge in [0.05, 0.1) is 6.61 Å². The highest BCUT2D eigenvalue weighted by Crippen LogP contribution is 2.23. The maximum atomic E-state index is 11.8. The van der Waals surface area contributed by atoms with Crippen LogP contribution in [0.1, 0.15) is 25.6 Å². The highest BCUT2D eigenvalue weighted by atomic mass is 35.5. The van der Waals surface area contributed by atoms with Crippen LogP contribution in [0.25, 0.3) is 11.2 Å². The minimum Gasteiger partial charge on any atom is -0.449 e. The van der Waals surface area contributed by atoms with Crippen LogP contribution in [0.15, 0.2) is 12.1 Å². The fourth-order valence-corrected chi connectivity index (χ4v) is 2.94. The van der Waals surface area contributed by atoms with Crippen LogP contribution in [0.5, 0.6) is 0 Å². The number of imidazole rings is 1. The van der Waals surface area contributed by atoms with Crippen molar-refractivity contribution in [2.24, 2.45) is 5.92 Å². The number of aryl methyl sites for hydroxylation is 1. The van der Waals surface area contributed by atoms with Gasteiger partial charge in [0.1, 0.15) is 16.5 Å². The van der Waals surface area contributed by atoms with Gasteiger partial charge in [-0.3, -0.25) is 0 Å². The average molecular weight is 337 g/mol. The van der Waals surface area contributed by atoms with E-state index in [4.69, 9.17) is 16.3 Å². The second-order valence-corrected chi connectivity index (χ2v) is 6.37. The lowest BCUT2D eigenvalue weighted by Crippen LogP contribution is -2.51. The highest BCUT2D eigenvalue weighted by Gasteiger charge is 2.32. The Bertz CT molecular complexity index is 709. The summed E-state index contributed by atoms with van der Waals surface area (Å²) >= 11 is 5.99. The SMILES string of the molecule is CCCCOC(=O)N1CC(Cn2c(C)nc3ccc(Cl)nc32)C1. The summed E-state index contributed by atoms with van der Waals surface area (Å²) < 4.78 is 7.29. The largest absolute Gasteiger partial charge is 0.449 e. The van der Waals surface area contributed by atoms with Crippen LogP contribution in [0.2, 0.25) is 5.15 Å². The van der Waals surface area contributed by atoms with E-state index in [1.807, 2.05) is 13.0 Å². The van der Waals surface area contributed by atoms with Crippen molar-refractivity contribution in [1.82, 2.24) is 19.4 Å². The fraction of sp³-hybridized carbons (Fsp3) is 0.562. The summed E-state index contributed by atoms with van der Waals surface area (Å²) in [4.78, 5) is 22.5. The Balaban J connectivity index is 1.59. The lowest BCUT2D eigenvalue weighted by molar-refractivity contribution is 0.0483. The number of aromatic nitrogens is 3. The molecule has 0 radical (unpaired) electrons. The number of carbonyl (C=O) groups is 1. The van der Waals surface area contributed by atoms with Crippen LogP contribution in [-0.4, -0.2) is 45.2 Å². The van der Waals surface area contributed by atoms with E-state index < -0.39 is 0 Å². The molecule has 1 saturated heterocycles. The zero-order chi connectivity index (χ0) is 16.4. The number of hydrogen-bond acceptors (Lipinski definition) is 4. The molecule has 6 nitrogen and oxygen atoms in total. The maximum absolute atomic E-state index is 11.8. The summed E-state index contributed by atoms with van der Waals surface area (Å²) in [6.07, 6.45) is 1.73. The van der Waals surface area contributed by atoms with Crippen LogP contribution < -0.4 is 0 Å². The van der Waals surface area contributed by atoms with Gasteiger partial charge in [0.25, 0.3) is 0 Å². The van der Waals surface area contributed by atoms with Crippen LogP contribution in [0.4, 0.5) is 4.79 Å². The standard InChI is InChI=1S/C16H21ClN4O2/c1-3-4-7-23-16(22)20-8-12(9-20)10-21-11(2)18-13-5-6-14(17)19-15(13)21/h5-6,12H,3-4,7-10H2,1-2H3. The van der Waals surface area contributed by atoms with Gasteiger partial charge in [0, 0.05) is 25.6 Å². The first-order chi connectivity index (χ1) is 11.1. The molecule has 0 spiro atoms. The van der Waals surface area contributed by atoms with E-state index >= 15 is 0 Å². The van der Waals surface area contributed by atoms with Crippen molar-refractivity contribution in [2.45, 2.75) is 33.2 Å². The van der Waals surface area contributed by atoms with Crippen molar-refractivity contribution in [3.05, 3.63) is 23.1 Å². The van der Waals surface area contributed by atoms with Crippen LogP contribution in [0, 0.1) is 12.8 Å². The van der Waals surface area contributed by atoms with Gasteiger partial charge in [0.2, 0.25) is 0 Å². The van der Waals surface area contributed by atoms with Gasteiger partial charge >= 0.3 is 6.09 Å². The molecule has 7 heteroatoms. The lowest BCUT2D eigenvalue weighted by atomic mass is 10.0. The molecule has 0 N–H and O–H groups in total. The van der Waals surface area contributed by atoms with Gasteiger partial charge in [-0.15, -0.1) is 0 Å². The molecule has 1 aliphatic heterocycles. The third-order valence-electron chi connectivity index (χ3n) is 4.13. The molecule has 0 saturated carbocycles. The molecular weight excluding hydrogens is 316 g/mol. The van der Waals surface area contributed by atoms with E-state index in [2.05, 4.69) is 21.5 Å². The van der Waals surface area contributed by atoms with E-state index in [1.165, 1.54) is 0 Å². The summed E-state index contributed by atoms with van der Waals surface area (Å²) in [6, 6.07) is 3.63. The van der Waals surface area contributed by atoms with Gasteiger partial charge in [-0.05, 0) is 25.5 Å². The van der Waals surface area contributed by atoms with Gasteiger partial charge in [-0.25, -0.2) is 14.8 Å². The summed E-state index contributed by atoms with van der Waals surface area (Å²) in [6.45, 7) is 6.75. The molecule has 2 aromatic heterocycles. The van der Waals surface area contributed by atoms with E-state index in [0.29, 0.717) is 30.8 Å². The predicted molar refractivity (Wildman–Crippen MR) is 88.6 cm³/mol. The average Bonchev–Trinajstić information content (AvgIpc) is 2.77. The minimum atomic E-state index is -0.205. The van der Waals surface area contributed by atoms with Crippen molar-refractivity contribution >= 4 is 28.9 Å². The minimum absolute atomic E-state index is 0.205. The van der Waals surface area contributed by atoms with Gasteiger partial charge in [-0.1, -0.05) is 24.9 Å². The Morgan fingerprint density at radius 3 is 2.91 bits per heavy atom. The number of rotatable bonds is 5. The molecule has 3 heterocycles. The number of likely N-dealkylation sites (tertiary alicyclic amines) is 1. The van der Waals surface area contributed by atoms with E-state index in [9.17, 15) is 4.79 Å². The third kappa shape index (κ3) is 3.42. The molecule has 3 rings (SSSR count). The van der Waals surface area contributed by atoms with Crippen molar-refractivity contribution in [3.63, 3.8) is 0 Å². The maximum Gasteiger partial charge on any atom is 0.409 e. The highest BCUT2D eigenvalue weighted by molar-refractivity contribution is 6.29. The molecule has 0 aliphatic carbocycles. The number of halogens is 1. The number of hydrogen-bond donors (Lipinski definition) is 0. The quantitative estimate of drug-likeness (QED) is 0.621. The summed E-state index contributed by atoms with van der Waals surface area (Å²) in [5, 5.41) is 0.466. The number of pyridine rings is 1. The number of unbranched alkanes of at least 4 members (excludes halogenated alkanes) is 1. The molecule has 0 aromatic carbocycles. The Morgan fingerprint density at radius 2 is 2.17 bits per heavy atom. The molecule has 0 atom stereocenters. The predicted octanol–water partition coefficient (Wildman–Crippen LogP) is 3.26. The first-order valence-corrected chi connectivity index (χ1v) is 8.37. The molecule has 2 aromatic rings. The monoisotopic (exact) mass is 336 g/mol. The summed E-state index contributed by atoms with van der Waals surface area (Å²) in [7, 11) is 0. The Labute approximate surface area is 140 Å². The molecule has 1 amide bonds. The van der Waals surface area contributed by atoms with Crippen molar-refractivity contribution in [1.29, 1.82) is 0 Å². The van der Waals surface area contributed by atoms with Crippen molar-refractivity contribution in [3.8, 4) is 0 Å². The van der Waals surface area contributed by atoms with Crippen LogP contribution in [0.3, 0.4) is 0 Å². The number of amides is 1. The zero-order valence-electron chi connectivity index (χ0n) is 13.5. The summed E-state index contributed by atoms with van der Waals surface area (Å²) in [5.41, 5.74) is 1.65. The Hall–Kier alpha value is -1.82. The molecule has 23 heavy (non-hydrogen) atoms. The van der Waals surface area contributed by atoms with Crippen molar-refractivity contribution in [2.75, 3.05) is 19.7 Å². The molecule has 0 bridgehead atoms. The van der Waals surface area contributed by atoms with E-state index in [1.54, 1.807) is 11.0 Å². The molecule has 124 valence electrons. The van der Waals surface area contributed by atoms with Gasteiger partial charge in [-0.2, -0.15) is 0 Å². The number of carbonyl (C=O) groups excluding carboxylic acids is 1. The molecule has 1 aliphatic rings. The van der Waals surface area contributed by atoms with Crippen LogP contribution >= 0.6 is 11.6 Å². The second kappa shape index (κ2) is 6.74. The molecule has 1 fully saturated rings. The van der Waals surface area contributed by atoms with Gasteiger partial charge < -0.3 is 14.2 Å². The third-order valence-corrected chi connectivity index (χ3v) is 4.34. The zero-order valence-corrected chi connectivity index (χ0v) is 14.2.